The molecule has 0 heterocycles. The second-order valence-electron chi connectivity index (χ2n) is 6.21. The molecular formula is C18H25NO4. The van der Waals surface area contributed by atoms with Crippen LogP contribution in [0.15, 0.2) is 24.3 Å². The predicted molar refractivity (Wildman–Crippen MR) is 87.6 cm³/mol. The van der Waals surface area contributed by atoms with Gasteiger partial charge in [-0.25, -0.2) is 0 Å². The molecule has 0 saturated heterocycles. The molecule has 1 aliphatic rings. The van der Waals surface area contributed by atoms with E-state index in [1.807, 2.05) is 18.2 Å². The van der Waals surface area contributed by atoms with E-state index in [0.29, 0.717) is 25.8 Å². The van der Waals surface area contributed by atoms with Crippen LogP contribution in [0.4, 0.5) is 0 Å². The minimum Gasteiger partial charge on any atom is -0.496 e. The van der Waals surface area contributed by atoms with E-state index in [4.69, 9.17) is 9.84 Å². The summed E-state index contributed by atoms with van der Waals surface area (Å²) in [6.45, 7) is 0.616. The van der Waals surface area contributed by atoms with Crippen LogP contribution in [0.25, 0.3) is 0 Å². The van der Waals surface area contributed by atoms with Crippen molar-refractivity contribution in [1.82, 2.24) is 5.32 Å². The molecule has 5 heteroatoms. The third kappa shape index (κ3) is 4.47. The zero-order valence-electron chi connectivity index (χ0n) is 13.6. The van der Waals surface area contributed by atoms with Gasteiger partial charge in [0.25, 0.3) is 0 Å². The maximum atomic E-state index is 12.0. The van der Waals surface area contributed by atoms with Crippen molar-refractivity contribution >= 4 is 11.9 Å². The van der Waals surface area contributed by atoms with Crippen molar-refractivity contribution in [1.29, 1.82) is 0 Å². The number of amides is 1. The van der Waals surface area contributed by atoms with Crippen LogP contribution in [0.5, 0.6) is 5.75 Å². The number of unbranched alkanes of at least 4 members (excludes halogenated alkanes) is 1. The topological polar surface area (TPSA) is 75.6 Å². The van der Waals surface area contributed by atoms with E-state index in [-0.39, 0.29) is 17.7 Å². The highest BCUT2D eigenvalue weighted by Gasteiger charge is 2.40. The van der Waals surface area contributed by atoms with E-state index in [9.17, 15) is 9.59 Å². The lowest BCUT2D eigenvalue weighted by atomic mass is 9.64. The number of carbonyl (C=O) groups excluding carboxylic acids is 1. The first-order chi connectivity index (χ1) is 11.1. The summed E-state index contributed by atoms with van der Waals surface area (Å²) in [4.78, 5) is 22.4. The van der Waals surface area contributed by atoms with E-state index in [1.165, 1.54) is 5.56 Å². The zero-order chi connectivity index (χ0) is 16.7. The fourth-order valence-corrected chi connectivity index (χ4v) is 3.15. The SMILES string of the molecule is COc1ccccc1C1(CNC(=O)CCCCC(=O)O)CCC1. The number of ether oxygens (including phenoxy) is 1. The van der Waals surface area contributed by atoms with Gasteiger partial charge in [0.1, 0.15) is 5.75 Å². The van der Waals surface area contributed by atoms with Crippen molar-refractivity contribution in [2.75, 3.05) is 13.7 Å². The Bertz CT molecular complexity index is 552. The number of methoxy groups -OCH3 is 1. The molecule has 2 rings (SSSR count). The molecule has 2 N–H and O–H groups in total. The Morgan fingerprint density at radius 3 is 2.52 bits per heavy atom. The summed E-state index contributed by atoms with van der Waals surface area (Å²) in [5, 5.41) is 11.6. The molecular weight excluding hydrogens is 294 g/mol. The Morgan fingerprint density at radius 2 is 1.91 bits per heavy atom. The zero-order valence-corrected chi connectivity index (χ0v) is 13.6. The first-order valence-corrected chi connectivity index (χ1v) is 8.19. The first-order valence-electron chi connectivity index (χ1n) is 8.19. The van der Waals surface area contributed by atoms with Gasteiger partial charge in [-0.1, -0.05) is 24.6 Å². The summed E-state index contributed by atoms with van der Waals surface area (Å²) in [6.07, 6.45) is 4.92. The summed E-state index contributed by atoms with van der Waals surface area (Å²) in [7, 11) is 1.67. The van der Waals surface area contributed by atoms with E-state index in [0.717, 1.165) is 25.0 Å². The Labute approximate surface area is 137 Å². The molecule has 126 valence electrons. The Kier molecular flexibility index (Phi) is 6.02. The van der Waals surface area contributed by atoms with Gasteiger partial charge in [0, 0.05) is 30.4 Å². The van der Waals surface area contributed by atoms with Crippen molar-refractivity contribution < 1.29 is 19.4 Å². The van der Waals surface area contributed by atoms with Crippen LogP contribution in [0.3, 0.4) is 0 Å². The molecule has 1 aromatic rings. The van der Waals surface area contributed by atoms with Crippen LogP contribution in [-0.4, -0.2) is 30.6 Å². The van der Waals surface area contributed by atoms with Crippen molar-refractivity contribution in [3.8, 4) is 5.75 Å². The summed E-state index contributed by atoms with van der Waals surface area (Å²) in [5.41, 5.74) is 1.14. The minimum atomic E-state index is -0.810. The fourth-order valence-electron chi connectivity index (χ4n) is 3.15. The van der Waals surface area contributed by atoms with Gasteiger partial charge < -0.3 is 15.2 Å². The lowest BCUT2D eigenvalue weighted by Crippen LogP contribution is -2.45. The van der Waals surface area contributed by atoms with Gasteiger partial charge in [0.2, 0.25) is 5.91 Å². The molecule has 1 amide bonds. The molecule has 5 nitrogen and oxygen atoms in total. The fraction of sp³-hybridized carbons (Fsp3) is 0.556. The number of para-hydroxylation sites is 1. The number of benzene rings is 1. The lowest BCUT2D eigenvalue weighted by Gasteiger charge is -2.43. The van der Waals surface area contributed by atoms with Crippen molar-refractivity contribution in [2.45, 2.75) is 50.4 Å². The average Bonchev–Trinajstić information content (AvgIpc) is 2.51. The van der Waals surface area contributed by atoms with Crippen LogP contribution >= 0.6 is 0 Å². The molecule has 0 spiro atoms. The summed E-state index contributed by atoms with van der Waals surface area (Å²) >= 11 is 0. The van der Waals surface area contributed by atoms with Crippen LogP contribution in [0.2, 0.25) is 0 Å². The first kappa shape index (κ1) is 17.3. The van der Waals surface area contributed by atoms with Gasteiger partial charge in [-0.15, -0.1) is 0 Å². The molecule has 0 atom stereocenters. The highest BCUT2D eigenvalue weighted by molar-refractivity contribution is 5.76. The van der Waals surface area contributed by atoms with E-state index >= 15 is 0 Å². The molecule has 0 aromatic heterocycles. The summed E-state index contributed by atoms with van der Waals surface area (Å²) in [6, 6.07) is 8.00. The normalized spacial score (nSPS) is 15.5. The third-order valence-corrected chi connectivity index (χ3v) is 4.66. The summed E-state index contributed by atoms with van der Waals surface area (Å²) in [5.74, 6) is 0.0643. The number of aliphatic carboxylic acids is 1. The maximum Gasteiger partial charge on any atom is 0.303 e. The van der Waals surface area contributed by atoms with Crippen molar-refractivity contribution in [3.63, 3.8) is 0 Å². The second kappa shape index (κ2) is 7.99. The van der Waals surface area contributed by atoms with Crippen molar-refractivity contribution in [2.24, 2.45) is 0 Å². The number of rotatable bonds is 9. The molecule has 0 bridgehead atoms. The van der Waals surface area contributed by atoms with Gasteiger partial charge in [0.15, 0.2) is 0 Å². The van der Waals surface area contributed by atoms with Crippen LogP contribution in [0.1, 0.15) is 50.5 Å². The smallest absolute Gasteiger partial charge is 0.303 e. The monoisotopic (exact) mass is 319 g/mol. The highest BCUT2D eigenvalue weighted by Crippen LogP contribution is 2.46. The molecule has 0 aliphatic heterocycles. The molecule has 1 fully saturated rings. The Morgan fingerprint density at radius 1 is 1.22 bits per heavy atom. The van der Waals surface area contributed by atoms with Crippen LogP contribution in [-0.2, 0) is 15.0 Å². The molecule has 1 aromatic carbocycles. The second-order valence-corrected chi connectivity index (χ2v) is 6.21. The van der Waals surface area contributed by atoms with E-state index in [2.05, 4.69) is 11.4 Å². The van der Waals surface area contributed by atoms with Crippen molar-refractivity contribution in [3.05, 3.63) is 29.8 Å². The third-order valence-electron chi connectivity index (χ3n) is 4.66. The molecule has 0 radical (unpaired) electrons. The van der Waals surface area contributed by atoms with Gasteiger partial charge in [-0.3, -0.25) is 9.59 Å². The number of carboxylic acid groups (broad SMARTS) is 1. The van der Waals surface area contributed by atoms with E-state index < -0.39 is 5.97 Å². The quantitative estimate of drug-likeness (QED) is 0.686. The highest BCUT2D eigenvalue weighted by atomic mass is 16.5. The lowest BCUT2D eigenvalue weighted by molar-refractivity contribution is -0.137. The Hall–Kier alpha value is -2.04. The van der Waals surface area contributed by atoms with Crippen LogP contribution in [0, 0.1) is 0 Å². The number of hydrogen-bond acceptors (Lipinski definition) is 3. The molecule has 1 aliphatic carbocycles. The summed E-state index contributed by atoms with van der Waals surface area (Å²) < 4.78 is 5.47. The Balaban J connectivity index is 1.87. The molecule has 0 unspecified atom stereocenters. The minimum absolute atomic E-state index is 0.00318. The number of carboxylic acids is 1. The standard InChI is InChI=1S/C18H25NO4/c1-23-15-8-3-2-7-14(15)18(11-6-12-18)13-19-16(20)9-4-5-10-17(21)22/h2-3,7-8H,4-6,9-13H2,1H3,(H,19,20)(H,21,22). The largest absolute Gasteiger partial charge is 0.496 e. The number of hydrogen-bond donors (Lipinski definition) is 2. The predicted octanol–water partition coefficient (Wildman–Crippen LogP) is 2.88. The number of carbonyl (C=O) groups is 2. The molecule has 23 heavy (non-hydrogen) atoms. The van der Waals surface area contributed by atoms with Gasteiger partial charge >= 0.3 is 5.97 Å². The average molecular weight is 319 g/mol. The van der Waals surface area contributed by atoms with Crippen LogP contribution < -0.4 is 10.1 Å². The van der Waals surface area contributed by atoms with Gasteiger partial charge in [0.05, 0.1) is 7.11 Å². The van der Waals surface area contributed by atoms with E-state index in [1.54, 1.807) is 7.11 Å². The van der Waals surface area contributed by atoms with Gasteiger partial charge in [-0.05, 0) is 31.7 Å². The molecule has 1 saturated carbocycles. The van der Waals surface area contributed by atoms with Gasteiger partial charge in [-0.2, -0.15) is 0 Å². The number of nitrogens with one attached hydrogen (secondary N) is 1. The maximum absolute atomic E-state index is 12.0.